The predicted molar refractivity (Wildman–Crippen MR) is 86.8 cm³/mol. The van der Waals surface area contributed by atoms with E-state index in [1.165, 1.54) is 31.8 Å². The molecule has 3 rings (SSSR count). The molecule has 122 valence electrons. The Hall–Kier alpha value is -3.29. The molecule has 0 bridgehead atoms. The lowest BCUT2D eigenvalue weighted by molar-refractivity contribution is 0.0601. The van der Waals surface area contributed by atoms with E-state index in [1.54, 1.807) is 17.8 Å². The van der Waals surface area contributed by atoms with Gasteiger partial charge in [0.25, 0.3) is 5.91 Å². The van der Waals surface area contributed by atoms with Gasteiger partial charge in [0.05, 0.1) is 24.1 Å². The fourth-order valence-electron chi connectivity index (χ4n) is 2.40. The number of hydrogen-bond acceptors (Lipinski definition) is 6. The summed E-state index contributed by atoms with van der Waals surface area (Å²) in [7, 11) is 3.06. The smallest absolute Gasteiger partial charge is 0.341 e. The van der Waals surface area contributed by atoms with Gasteiger partial charge in [0.15, 0.2) is 5.65 Å². The maximum absolute atomic E-state index is 12.5. The highest BCUT2D eigenvalue weighted by Gasteiger charge is 2.16. The molecule has 0 atom stereocenters. The number of nitrogens with one attached hydrogen (secondary N) is 1. The summed E-state index contributed by atoms with van der Waals surface area (Å²) in [5.74, 6) is -0.959. The van der Waals surface area contributed by atoms with Gasteiger partial charge in [-0.05, 0) is 19.1 Å². The molecule has 8 heteroatoms. The third-order valence-corrected chi connectivity index (χ3v) is 3.60. The van der Waals surface area contributed by atoms with Crippen LogP contribution in [0.3, 0.4) is 0 Å². The fraction of sp³-hybridized carbons (Fsp3) is 0.188. The lowest BCUT2D eigenvalue weighted by Crippen LogP contribution is -2.16. The van der Waals surface area contributed by atoms with Crippen LogP contribution in [0.2, 0.25) is 0 Å². The molecule has 0 aliphatic rings. The molecule has 0 radical (unpaired) electrons. The van der Waals surface area contributed by atoms with E-state index in [-0.39, 0.29) is 11.5 Å². The first kappa shape index (κ1) is 15.6. The van der Waals surface area contributed by atoms with Crippen molar-refractivity contribution in [1.82, 2.24) is 19.7 Å². The number of carbonyl (C=O) groups excluding carboxylic acids is 2. The van der Waals surface area contributed by atoms with E-state index in [0.717, 1.165) is 11.1 Å². The molecule has 24 heavy (non-hydrogen) atoms. The molecule has 0 aliphatic carbocycles. The second kappa shape index (κ2) is 6.07. The fourth-order valence-corrected chi connectivity index (χ4v) is 2.40. The molecule has 0 aliphatic heterocycles. The first-order chi connectivity index (χ1) is 11.5. The zero-order valence-electron chi connectivity index (χ0n) is 13.4. The second-order valence-electron chi connectivity index (χ2n) is 5.17. The largest absolute Gasteiger partial charge is 0.465 e. The molecule has 3 aromatic heterocycles. The van der Waals surface area contributed by atoms with Crippen molar-refractivity contribution in [3.8, 4) is 0 Å². The summed E-state index contributed by atoms with van der Waals surface area (Å²) in [6.45, 7) is 1.85. The maximum atomic E-state index is 12.5. The van der Waals surface area contributed by atoms with Crippen molar-refractivity contribution in [1.29, 1.82) is 0 Å². The standard InChI is InChI=1S/C16H15N5O3/c1-9-11-6-10(7-18-14(11)21(2)20-9)15(22)19-13-4-5-17-8-12(13)16(23)24-3/h4-8H,1-3H3,(H,17,19,22). The lowest BCUT2D eigenvalue weighted by atomic mass is 10.2. The van der Waals surface area contributed by atoms with Crippen LogP contribution in [-0.2, 0) is 11.8 Å². The van der Waals surface area contributed by atoms with E-state index in [0.29, 0.717) is 16.9 Å². The number of aromatic nitrogens is 4. The number of amides is 1. The Morgan fingerprint density at radius 3 is 2.83 bits per heavy atom. The van der Waals surface area contributed by atoms with E-state index < -0.39 is 5.97 Å². The lowest BCUT2D eigenvalue weighted by Gasteiger charge is -2.09. The molecule has 1 N–H and O–H groups in total. The average molecular weight is 325 g/mol. The number of carbonyl (C=O) groups is 2. The number of rotatable bonds is 3. The summed E-state index contributed by atoms with van der Waals surface area (Å²) >= 11 is 0. The quantitative estimate of drug-likeness (QED) is 0.736. The van der Waals surface area contributed by atoms with Crippen LogP contribution in [0.4, 0.5) is 5.69 Å². The average Bonchev–Trinajstić information content (AvgIpc) is 2.88. The Labute approximate surface area is 137 Å². The third-order valence-electron chi connectivity index (χ3n) is 3.60. The molecule has 3 heterocycles. The number of aryl methyl sites for hydroxylation is 2. The summed E-state index contributed by atoms with van der Waals surface area (Å²) in [5.41, 5.74) is 2.35. The molecule has 0 saturated heterocycles. The summed E-state index contributed by atoms with van der Waals surface area (Å²) in [6, 6.07) is 3.25. The second-order valence-corrected chi connectivity index (χ2v) is 5.17. The summed E-state index contributed by atoms with van der Waals surface area (Å²) in [6.07, 6.45) is 4.29. The van der Waals surface area contributed by atoms with Crippen LogP contribution in [0.1, 0.15) is 26.4 Å². The first-order valence-electron chi connectivity index (χ1n) is 7.14. The van der Waals surface area contributed by atoms with E-state index in [2.05, 4.69) is 25.1 Å². The maximum Gasteiger partial charge on any atom is 0.341 e. The van der Waals surface area contributed by atoms with Gasteiger partial charge in [-0.3, -0.25) is 14.5 Å². The van der Waals surface area contributed by atoms with E-state index >= 15 is 0 Å². The van der Waals surface area contributed by atoms with Crippen molar-refractivity contribution in [2.45, 2.75) is 6.92 Å². The molecular formula is C16H15N5O3. The third kappa shape index (κ3) is 2.69. The molecular weight excluding hydrogens is 310 g/mol. The van der Waals surface area contributed by atoms with Crippen molar-refractivity contribution in [3.63, 3.8) is 0 Å². The number of ether oxygens (including phenoxy) is 1. The van der Waals surface area contributed by atoms with Crippen LogP contribution in [0.5, 0.6) is 0 Å². The Bertz CT molecular complexity index is 948. The highest BCUT2D eigenvalue weighted by molar-refractivity contribution is 6.08. The van der Waals surface area contributed by atoms with E-state index in [1.807, 2.05) is 6.92 Å². The van der Waals surface area contributed by atoms with Gasteiger partial charge in [0, 0.05) is 31.0 Å². The van der Waals surface area contributed by atoms with Gasteiger partial charge < -0.3 is 10.1 Å². The van der Waals surface area contributed by atoms with Gasteiger partial charge in [0.2, 0.25) is 0 Å². The summed E-state index contributed by atoms with van der Waals surface area (Å²) < 4.78 is 6.34. The van der Waals surface area contributed by atoms with Crippen LogP contribution < -0.4 is 5.32 Å². The normalized spacial score (nSPS) is 10.6. The molecule has 3 aromatic rings. The minimum Gasteiger partial charge on any atom is -0.465 e. The molecule has 8 nitrogen and oxygen atoms in total. The number of pyridine rings is 2. The summed E-state index contributed by atoms with van der Waals surface area (Å²) in [5, 5.41) is 7.76. The van der Waals surface area contributed by atoms with Crippen molar-refractivity contribution >= 4 is 28.6 Å². The van der Waals surface area contributed by atoms with Crippen molar-refractivity contribution in [2.75, 3.05) is 12.4 Å². The Kier molecular flexibility index (Phi) is 3.95. The van der Waals surface area contributed by atoms with E-state index in [4.69, 9.17) is 0 Å². The minimum absolute atomic E-state index is 0.181. The number of methoxy groups -OCH3 is 1. The highest BCUT2D eigenvalue weighted by atomic mass is 16.5. The van der Waals surface area contributed by atoms with Crippen LogP contribution >= 0.6 is 0 Å². The van der Waals surface area contributed by atoms with Crippen LogP contribution in [0, 0.1) is 6.92 Å². The monoisotopic (exact) mass is 325 g/mol. The van der Waals surface area contributed by atoms with Crippen LogP contribution in [0.25, 0.3) is 11.0 Å². The Morgan fingerprint density at radius 1 is 1.29 bits per heavy atom. The van der Waals surface area contributed by atoms with Gasteiger partial charge in [-0.2, -0.15) is 5.10 Å². The zero-order chi connectivity index (χ0) is 17.3. The SMILES string of the molecule is COC(=O)c1cnccc1NC(=O)c1cnc2c(c1)c(C)nn2C. The number of hydrogen-bond donors (Lipinski definition) is 1. The van der Waals surface area contributed by atoms with Crippen molar-refractivity contribution in [2.24, 2.45) is 7.05 Å². The number of fused-ring (bicyclic) bond motifs is 1. The molecule has 0 spiro atoms. The van der Waals surface area contributed by atoms with Crippen LogP contribution in [-0.4, -0.2) is 38.7 Å². The zero-order valence-corrected chi connectivity index (χ0v) is 13.4. The Balaban J connectivity index is 1.93. The number of nitrogens with zero attached hydrogens (tertiary/aromatic N) is 4. The Morgan fingerprint density at radius 2 is 2.08 bits per heavy atom. The molecule has 1 amide bonds. The van der Waals surface area contributed by atoms with Crippen molar-refractivity contribution < 1.29 is 14.3 Å². The predicted octanol–water partition coefficient (Wildman–Crippen LogP) is 1.71. The van der Waals surface area contributed by atoms with Gasteiger partial charge >= 0.3 is 5.97 Å². The van der Waals surface area contributed by atoms with Crippen LogP contribution in [0.15, 0.2) is 30.7 Å². The number of esters is 1. The van der Waals surface area contributed by atoms with Crippen molar-refractivity contribution in [3.05, 3.63) is 47.5 Å². The molecule has 0 saturated carbocycles. The van der Waals surface area contributed by atoms with Gasteiger partial charge in [0.1, 0.15) is 5.56 Å². The van der Waals surface area contributed by atoms with Gasteiger partial charge in [-0.15, -0.1) is 0 Å². The van der Waals surface area contributed by atoms with Gasteiger partial charge in [-0.1, -0.05) is 0 Å². The topological polar surface area (TPSA) is 99.0 Å². The number of anilines is 1. The minimum atomic E-state index is -0.574. The molecule has 0 fully saturated rings. The van der Waals surface area contributed by atoms with Gasteiger partial charge in [-0.25, -0.2) is 9.78 Å². The molecule has 0 aromatic carbocycles. The molecule has 0 unspecified atom stereocenters. The highest BCUT2D eigenvalue weighted by Crippen LogP contribution is 2.19. The van der Waals surface area contributed by atoms with E-state index in [9.17, 15) is 9.59 Å². The first-order valence-corrected chi connectivity index (χ1v) is 7.14. The summed E-state index contributed by atoms with van der Waals surface area (Å²) in [4.78, 5) is 32.4.